The lowest BCUT2D eigenvalue weighted by Crippen LogP contribution is -2.11. The van der Waals surface area contributed by atoms with Gasteiger partial charge in [0.05, 0.1) is 0 Å². The maximum Gasteiger partial charge on any atom is 0.0486 e. The minimum Gasteiger partial charge on any atom is -0.313 e. The molecule has 0 amide bonds. The molecule has 0 fully saturated rings. The molecule has 0 spiro atoms. The van der Waals surface area contributed by atoms with Crippen LogP contribution in [0.2, 0.25) is 10.0 Å². The number of halogens is 2. The number of nitrogens with zero attached hydrogens (tertiary/aromatic N) is 1. The Bertz CT molecular complexity index is 541. The van der Waals surface area contributed by atoms with Crippen LogP contribution in [0.25, 0.3) is 11.1 Å². The first kappa shape index (κ1) is 13.3. The molecule has 0 radical (unpaired) electrons. The van der Waals surface area contributed by atoms with Crippen LogP contribution < -0.4 is 5.32 Å². The molecule has 0 unspecified atom stereocenters. The molecule has 2 aromatic rings. The summed E-state index contributed by atoms with van der Waals surface area (Å²) < 4.78 is 0. The molecule has 2 rings (SSSR count). The van der Waals surface area contributed by atoms with E-state index in [-0.39, 0.29) is 0 Å². The summed E-state index contributed by atoms with van der Waals surface area (Å²) in [4.78, 5) is 4.24. The van der Waals surface area contributed by atoms with Crippen molar-refractivity contribution in [2.24, 2.45) is 0 Å². The normalized spacial score (nSPS) is 10.6. The van der Waals surface area contributed by atoms with Gasteiger partial charge >= 0.3 is 0 Å². The minimum absolute atomic E-state index is 0.673. The van der Waals surface area contributed by atoms with E-state index in [9.17, 15) is 0 Å². The van der Waals surface area contributed by atoms with E-state index in [1.807, 2.05) is 12.3 Å². The second-order valence-corrected chi connectivity index (χ2v) is 4.83. The third-order valence-corrected chi connectivity index (χ3v) is 3.18. The van der Waals surface area contributed by atoms with Gasteiger partial charge in [0.2, 0.25) is 0 Å². The SMILES string of the molecule is CCNCc1cncc(-c2cc(Cl)ccc2Cl)c1. The Kier molecular flexibility index (Phi) is 4.59. The molecule has 0 saturated carbocycles. The summed E-state index contributed by atoms with van der Waals surface area (Å²) in [5, 5.41) is 4.63. The van der Waals surface area contributed by atoms with Crippen molar-refractivity contribution < 1.29 is 0 Å². The van der Waals surface area contributed by atoms with E-state index < -0.39 is 0 Å². The van der Waals surface area contributed by atoms with E-state index in [4.69, 9.17) is 23.2 Å². The van der Waals surface area contributed by atoms with Crippen molar-refractivity contribution in [3.63, 3.8) is 0 Å². The third-order valence-electron chi connectivity index (χ3n) is 2.61. The summed E-state index contributed by atoms with van der Waals surface area (Å²) in [6.07, 6.45) is 3.65. The van der Waals surface area contributed by atoms with Gasteiger partial charge in [-0.05, 0) is 36.4 Å². The number of hydrogen-bond donors (Lipinski definition) is 1. The zero-order chi connectivity index (χ0) is 13.0. The molecule has 1 heterocycles. The lowest BCUT2D eigenvalue weighted by atomic mass is 10.1. The highest BCUT2D eigenvalue weighted by atomic mass is 35.5. The highest BCUT2D eigenvalue weighted by Gasteiger charge is 2.05. The lowest BCUT2D eigenvalue weighted by Gasteiger charge is -2.07. The quantitative estimate of drug-likeness (QED) is 0.910. The van der Waals surface area contributed by atoms with E-state index >= 15 is 0 Å². The number of rotatable bonds is 4. The highest BCUT2D eigenvalue weighted by Crippen LogP contribution is 2.30. The summed E-state index contributed by atoms with van der Waals surface area (Å²) in [6.45, 7) is 3.81. The van der Waals surface area contributed by atoms with Gasteiger partial charge in [-0.15, -0.1) is 0 Å². The average molecular weight is 281 g/mol. The van der Waals surface area contributed by atoms with Crippen LogP contribution in [0.5, 0.6) is 0 Å². The van der Waals surface area contributed by atoms with E-state index in [1.54, 1.807) is 18.3 Å². The van der Waals surface area contributed by atoms with Crippen molar-refractivity contribution in [3.8, 4) is 11.1 Å². The van der Waals surface area contributed by atoms with Crippen LogP contribution in [0, 0.1) is 0 Å². The van der Waals surface area contributed by atoms with Gasteiger partial charge in [-0.2, -0.15) is 0 Å². The maximum atomic E-state index is 6.19. The van der Waals surface area contributed by atoms with Crippen LogP contribution in [-0.2, 0) is 6.54 Å². The van der Waals surface area contributed by atoms with Gasteiger partial charge in [-0.25, -0.2) is 0 Å². The molecule has 1 aromatic carbocycles. The summed E-state index contributed by atoms with van der Waals surface area (Å²) in [5.41, 5.74) is 3.03. The van der Waals surface area contributed by atoms with Crippen molar-refractivity contribution in [2.75, 3.05) is 6.54 Å². The zero-order valence-electron chi connectivity index (χ0n) is 10.1. The summed E-state index contributed by atoms with van der Waals surface area (Å²) in [7, 11) is 0. The first-order valence-corrected chi connectivity index (χ1v) is 6.56. The largest absolute Gasteiger partial charge is 0.313 e. The molecular weight excluding hydrogens is 267 g/mol. The molecule has 18 heavy (non-hydrogen) atoms. The number of aromatic nitrogens is 1. The van der Waals surface area contributed by atoms with Crippen LogP contribution in [0.3, 0.4) is 0 Å². The van der Waals surface area contributed by atoms with Crippen molar-refractivity contribution in [2.45, 2.75) is 13.5 Å². The summed E-state index contributed by atoms with van der Waals surface area (Å²) >= 11 is 12.2. The Morgan fingerprint density at radius 1 is 1.17 bits per heavy atom. The predicted molar refractivity (Wildman–Crippen MR) is 77.1 cm³/mol. The molecule has 0 bridgehead atoms. The molecule has 2 nitrogen and oxygen atoms in total. The van der Waals surface area contributed by atoms with Crippen LogP contribution in [0.15, 0.2) is 36.7 Å². The van der Waals surface area contributed by atoms with E-state index in [2.05, 4.69) is 23.3 Å². The lowest BCUT2D eigenvalue weighted by molar-refractivity contribution is 0.724. The third kappa shape index (κ3) is 3.22. The van der Waals surface area contributed by atoms with Gasteiger partial charge < -0.3 is 5.32 Å². The fourth-order valence-electron chi connectivity index (χ4n) is 1.72. The second-order valence-electron chi connectivity index (χ2n) is 3.99. The Balaban J connectivity index is 2.35. The van der Waals surface area contributed by atoms with Crippen molar-refractivity contribution >= 4 is 23.2 Å². The molecule has 0 aliphatic rings. The molecule has 1 aromatic heterocycles. The predicted octanol–water partition coefficient (Wildman–Crippen LogP) is 4.16. The fraction of sp³-hybridized carbons (Fsp3) is 0.214. The van der Waals surface area contributed by atoms with Crippen LogP contribution in [-0.4, -0.2) is 11.5 Å². The number of nitrogens with one attached hydrogen (secondary N) is 1. The molecule has 0 atom stereocenters. The number of benzene rings is 1. The average Bonchev–Trinajstić information content (AvgIpc) is 2.39. The molecule has 1 N–H and O–H groups in total. The smallest absolute Gasteiger partial charge is 0.0486 e. The highest BCUT2D eigenvalue weighted by molar-refractivity contribution is 6.35. The number of hydrogen-bond acceptors (Lipinski definition) is 2. The van der Waals surface area contributed by atoms with Crippen molar-refractivity contribution in [1.82, 2.24) is 10.3 Å². The molecule has 0 saturated heterocycles. The van der Waals surface area contributed by atoms with Gasteiger partial charge in [0.25, 0.3) is 0 Å². The van der Waals surface area contributed by atoms with Crippen LogP contribution in [0.4, 0.5) is 0 Å². The summed E-state index contributed by atoms with van der Waals surface area (Å²) in [6, 6.07) is 7.52. The second kappa shape index (κ2) is 6.19. The van der Waals surface area contributed by atoms with E-state index in [0.29, 0.717) is 10.0 Å². The molecule has 0 aliphatic heterocycles. The standard InChI is InChI=1S/C14H14Cl2N2/c1-2-17-7-10-5-11(9-18-8-10)13-6-12(15)3-4-14(13)16/h3-6,8-9,17H,2,7H2,1H3. The maximum absolute atomic E-state index is 6.19. The number of pyridine rings is 1. The van der Waals surface area contributed by atoms with Gasteiger partial charge in [-0.1, -0.05) is 30.1 Å². The van der Waals surface area contributed by atoms with Gasteiger partial charge in [0, 0.05) is 40.1 Å². The Labute approximate surface area is 117 Å². The molecule has 0 aliphatic carbocycles. The van der Waals surface area contributed by atoms with Gasteiger partial charge in [0.15, 0.2) is 0 Å². The topological polar surface area (TPSA) is 24.9 Å². The zero-order valence-corrected chi connectivity index (χ0v) is 11.6. The molecular formula is C14H14Cl2N2. The van der Waals surface area contributed by atoms with E-state index in [1.165, 1.54) is 0 Å². The Hall–Kier alpha value is -1.09. The van der Waals surface area contributed by atoms with Crippen molar-refractivity contribution in [1.29, 1.82) is 0 Å². The first-order valence-electron chi connectivity index (χ1n) is 5.80. The Morgan fingerprint density at radius 3 is 2.78 bits per heavy atom. The first-order chi connectivity index (χ1) is 8.70. The van der Waals surface area contributed by atoms with E-state index in [0.717, 1.165) is 29.8 Å². The van der Waals surface area contributed by atoms with Crippen molar-refractivity contribution in [3.05, 3.63) is 52.3 Å². The van der Waals surface area contributed by atoms with Crippen LogP contribution >= 0.6 is 23.2 Å². The van der Waals surface area contributed by atoms with Gasteiger partial charge in [0.1, 0.15) is 0 Å². The monoisotopic (exact) mass is 280 g/mol. The molecule has 94 valence electrons. The molecule has 4 heteroatoms. The Morgan fingerprint density at radius 2 is 2.00 bits per heavy atom. The summed E-state index contributed by atoms with van der Waals surface area (Å²) in [5.74, 6) is 0. The fourth-order valence-corrected chi connectivity index (χ4v) is 2.12. The minimum atomic E-state index is 0.673. The van der Waals surface area contributed by atoms with Crippen LogP contribution in [0.1, 0.15) is 12.5 Å². The van der Waals surface area contributed by atoms with Gasteiger partial charge in [-0.3, -0.25) is 4.98 Å².